The van der Waals surface area contributed by atoms with Gasteiger partial charge in [-0.3, -0.25) is 0 Å². The predicted octanol–water partition coefficient (Wildman–Crippen LogP) is 2.26. The normalized spacial score (nSPS) is 14.8. The van der Waals surface area contributed by atoms with E-state index >= 15 is 0 Å². The van der Waals surface area contributed by atoms with Gasteiger partial charge in [0.1, 0.15) is 5.75 Å². The SMILES string of the molecule is COc1ccc(C(C(C)N)N(C)C)c(C)c1C. The minimum Gasteiger partial charge on any atom is -0.496 e. The molecule has 2 N–H and O–H groups in total. The molecule has 1 aromatic rings. The van der Waals surface area contributed by atoms with Crippen molar-refractivity contribution in [2.24, 2.45) is 5.73 Å². The van der Waals surface area contributed by atoms with Gasteiger partial charge in [-0.05, 0) is 57.6 Å². The number of likely N-dealkylation sites (N-methyl/N-ethyl adjacent to an activating group) is 1. The fraction of sp³-hybridized carbons (Fsp3) is 0.571. The van der Waals surface area contributed by atoms with Crippen molar-refractivity contribution in [3.63, 3.8) is 0 Å². The number of nitrogens with zero attached hydrogens (tertiary/aromatic N) is 1. The highest BCUT2D eigenvalue weighted by Gasteiger charge is 2.21. The van der Waals surface area contributed by atoms with Gasteiger partial charge >= 0.3 is 0 Å². The lowest BCUT2D eigenvalue weighted by atomic mass is 9.92. The highest BCUT2D eigenvalue weighted by Crippen LogP contribution is 2.30. The highest BCUT2D eigenvalue weighted by molar-refractivity contribution is 5.45. The molecule has 3 heteroatoms. The Morgan fingerprint density at radius 1 is 1.18 bits per heavy atom. The van der Waals surface area contributed by atoms with Gasteiger partial charge in [-0.25, -0.2) is 0 Å². The first-order valence-electron chi connectivity index (χ1n) is 5.96. The first-order valence-corrected chi connectivity index (χ1v) is 5.96. The van der Waals surface area contributed by atoms with Crippen molar-refractivity contribution in [3.05, 3.63) is 28.8 Å². The summed E-state index contributed by atoms with van der Waals surface area (Å²) in [6, 6.07) is 4.47. The molecule has 0 spiro atoms. The van der Waals surface area contributed by atoms with E-state index in [9.17, 15) is 0 Å². The molecule has 96 valence electrons. The molecule has 3 nitrogen and oxygen atoms in total. The molecule has 1 aromatic carbocycles. The van der Waals surface area contributed by atoms with Crippen LogP contribution in [0.25, 0.3) is 0 Å². The Balaban J connectivity index is 3.26. The molecule has 0 aliphatic heterocycles. The number of benzene rings is 1. The van der Waals surface area contributed by atoms with Crippen LogP contribution in [0.1, 0.15) is 29.7 Å². The molecule has 0 heterocycles. The summed E-state index contributed by atoms with van der Waals surface area (Å²) in [5.41, 5.74) is 9.82. The second kappa shape index (κ2) is 5.52. The van der Waals surface area contributed by atoms with Crippen LogP contribution in [-0.2, 0) is 0 Å². The zero-order valence-corrected chi connectivity index (χ0v) is 11.7. The molecule has 0 aliphatic carbocycles. The maximum atomic E-state index is 6.09. The number of hydrogen-bond acceptors (Lipinski definition) is 3. The molecular weight excluding hydrogens is 212 g/mol. The summed E-state index contributed by atoms with van der Waals surface area (Å²) in [6.45, 7) is 6.27. The first kappa shape index (κ1) is 14.0. The van der Waals surface area contributed by atoms with Crippen LogP contribution in [0.15, 0.2) is 12.1 Å². The maximum absolute atomic E-state index is 6.09. The van der Waals surface area contributed by atoms with E-state index in [4.69, 9.17) is 10.5 Å². The lowest BCUT2D eigenvalue weighted by Gasteiger charge is -2.30. The van der Waals surface area contributed by atoms with Crippen molar-refractivity contribution in [3.8, 4) is 5.75 Å². The molecular formula is C14H24N2O. The lowest BCUT2D eigenvalue weighted by molar-refractivity contribution is 0.265. The molecule has 2 unspecified atom stereocenters. The Labute approximate surface area is 105 Å². The van der Waals surface area contributed by atoms with Gasteiger partial charge in [-0.2, -0.15) is 0 Å². The third-order valence-corrected chi connectivity index (χ3v) is 3.37. The van der Waals surface area contributed by atoms with Gasteiger partial charge in [0.25, 0.3) is 0 Å². The number of hydrogen-bond donors (Lipinski definition) is 1. The summed E-state index contributed by atoms with van der Waals surface area (Å²) in [6.07, 6.45) is 0. The van der Waals surface area contributed by atoms with E-state index in [0.29, 0.717) is 0 Å². The van der Waals surface area contributed by atoms with Crippen LogP contribution in [0, 0.1) is 13.8 Å². The zero-order chi connectivity index (χ0) is 13.2. The molecule has 0 aliphatic rings. The van der Waals surface area contributed by atoms with Gasteiger partial charge in [-0.1, -0.05) is 6.07 Å². The van der Waals surface area contributed by atoms with E-state index in [-0.39, 0.29) is 12.1 Å². The molecule has 17 heavy (non-hydrogen) atoms. The molecule has 0 saturated heterocycles. The van der Waals surface area contributed by atoms with Crippen LogP contribution in [0.2, 0.25) is 0 Å². The number of ether oxygens (including phenoxy) is 1. The number of rotatable bonds is 4. The third kappa shape index (κ3) is 2.79. The van der Waals surface area contributed by atoms with Crippen molar-refractivity contribution >= 4 is 0 Å². The van der Waals surface area contributed by atoms with Crippen molar-refractivity contribution in [2.75, 3.05) is 21.2 Å². The number of methoxy groups -OCH3 is 1. The molecule has 0 fully saturated rings. The van der Waals surface area contributed by atoms with E-state index in [0.717, 1.165) is 5.75 Å². The van der Waals surface area contributed by atoms with E-state index in [1.165, 1.54) is 16.7 Å². The second-order valence-corrected chi connectivity index (χ2v) is 4.87. The summed E-state index contributed by atoms with van der Waals surface area (Å²) >= 11 is 0. The minimum atomic E-state index is 0.0940. The predicted molar refractivity (Wildman–Crippen MR) is 72.5 cm³/mol. The second-order valence-electron chi connectivity index (χ2n) is 4.87. The van der Waals surface area contributed by atoms with Crippen LogP contribution < -0.4 is 10.5 Å². The largest absolute Gasteiger partial charge is 0.496 e. The Morgan fingerprint density at radius 2 is 1.76 bits per heavy atom. The fourth-order valence-corrected chi connectivity index (χ4v) is 2.39. The Hall–Kier alpha value is -1.06. The fourth-order valence-electron chi connectivity index (χ4n) is 2.39. The van der Waals surface area contributed by atoms with Gasteiger partial charge in [-0.15, -0.1) is 0 Å². The summed E-state index contributed by atoms with van der Waals surface area (Å²) in [5.74, 6) is 0.938. The molecule has 0 radical (unpaired) electrons. The van der Waals surface area contributed by atoms with E-state index in [2.05, 4.69) is 38.9 Å². The molecule has 0 aromatic heterocycles. The van der Waals surface area contributed by atoms with Gasteiger partial charge in [0.05, 0.1) is 7.11 Å². The Kier molecular flexibility index (Phi) is 4.54. The smallest absolute Gasteiger partial charge is 0.122 e. The van der Waals surface area contributed by atoms with Gasteiger partial charge < -0.3 is 15.4 Å². The summed E-state index contributed by atoms with van der Waals surface area (Å²) < 4.78 is 5.34. The Morgan fingerprint density at radius 3 is 2.18 bits per heavy atom. The molecule has 0 bridgehead atoms. The summed E-state index contributed by atoms with van der Waals surface area (Å²) in [5, 5.41) is 0. The van der Waals surface area contributed by atoms with E-state index in [1.807, 2.05) is 13.0 Å². The monoisotopic (exact) mass is 236 g/mol. The third-order valence-electron chi connectivity index (χ3n) is 3.37. The van der Waals surface area contributed by atoms with Gasteiger partial charge in [0.2, 0.25) is 0 Å². The van der Waals surface area contributed by atoms with Crippen LogP contribution in [0.4, 0.5) is 0 Å². The van der Waals surface area contributed by atoms with Crippen molar-refractivity contribution in [2.45, 2.75) is 32.9 Å². The lowest BCUT2D eigenvalue weighted by Crippen LogP contribution is -2.35. The molecule has 0 saturated carbocycles. The van der Waals surface area contributed by atoms with Crippen LogP contribution >= 0.6 is 0 Å². The highest BCUT2D eigenvalue weighted by atomic mass is 16.5. The van der Waals surface area contributed by atoms with Crippen LogP contribution in [0.3, 0.4) is 0 Å². The van der Waals surface area contributed by atoms with E-state index < -0.39 is 0 Å². The average Bonchev–Trinajstić information content (AvgIpc) is 2.24. The van der Waals surface area contributed by atoms with Crippen LogP contribution in [0.5, 0.6) is 5.75 Å². The quantitative estimate of drug-likeness (QED) is 0.871. The number of nitrogens with two attached hydrogens (primary N) is 1. The zero-order valence-electron chi connectivity index (χ0n) is 11.7. The topological polar surface area (TPSA) is 38.5 Å². The van der Waals surface area contributed by atoms with Gasteiger partial charge in [0.15, 0.2) is 0 Å². The van der Waals surface area contributed by atoms with E-state index in [1.54, 1.807) is 7.11 Å². The standard InChI is InChI=1S/C14H24N2O/c1-9-10(2)13(17-6)8-7-12(9)14(11(3)15)16(4)5/h7-8,11,14H,15H2,1-6H3. The van der Waals surface area contributed by atoms with Crippen molar-refractivity contribution < 1.29 is 4.74 Å². The average molecular weight is 236 g/mol. The minimum absolute atomic E-state index is 0.0940. The first-order chi connectivity index (χ1) is 7.90. The van der Waals surface area contributed by atoms with Crippen molar-refractivity contribution in [1.82, 2.24) is 4.90 Å². The van der Waals surface area contributed by atoms with Gasteiger partial charge in [0, 0.05) is 12.1 Å². The molecule has 1 rings (SSSR count). The maximum Gasteiger partial charge on any atom is 0.122 e. The van der Waals surface area contributed by atoms with Crippen molar-refractivity contribution in [1.29, 1.82) is 0 Å². The Bertz CT molecular complexity index is 378. The summed E-state index contributed by atoms with van der Waals surface area (Å²) in [7, 11) is 5.83. The summed E-state index contributed by atoms with van der Waals surface area (Å²) in [4.78, 5) is 2.17. The molecule has 2 atom stereocenters. The molecule has 0 amide bonds. The van der Waals surface area contributed by atoms with Crippen LogP contribution in [-0.4, -0.2) is 32.1 Å².